The number of Topliss-reactive ketones (excluding diaryl/α,β-unsaturated/α-hetero) is 1. The second-order valence-electron chi connectivity index (χ2n) is 3.61. The molecule has 76 valence electrons. The number of carbonyl (C=O) groups is 1. The van der Waals surface area contributed by atoms with E-state index in [2.05, 4.69) is 0 Å². The van der Waals surface area contributed by atoms with Crippen LogP contribution in [0.15, 0.2) is 18.2 Å². The van der Waals surface area contributed by atoms with E-state index in [4.69, 9.17) is 5.11 Å². The minimum atomic E-state index is 0.157. The number of hydrogen-bond acceptors (Lipinski definition) is 2. The first-order valence-electron chi connectivity index (χ1n) is 4.82. The predicted octanol–water partition coefficient (Wildman–Crippen LogP) is 1.66. The van der Waals surface area contributed by atoms with E-state index >= 15 is 0 Å². The van der Waals surface area contributed by atoms with Gasteiger partial charge < -0.3 is 5.11 Å². The van der Waals surface area contributed by atoms with E-state index in [1.165, 1.54) is 5.56 Å². The number of aliphatic hydroxyl groups is 1. The molecule has 0 aliphatic heterocycles. The van der Waals surface area contributed by atoms with Gasteiger partial charge in [-0.2, -0.15) is 0 Å². The highest BCUT2D eigenvalue weighted by Crippen LogP contribution is 2.12. The van der Waals surface area contributed by atoms with Crippen LogP contribution in [0.25, 0.3) is 0 Å². The number of aliphatic hydroxyl groups excluding tert-OH is 1. The first kappa shape index (κ1) is 10.9. The molecule has 0 bridgehead atoms. The average molecular weight is 192 g/mol. The first-order valence-corrected chi connectivity index (χ1v) is 4.82. The summed E-state index contributed by atoms with van der Waals surface area (Å²) in [6, 6.07) is 5.98. The van der Waals surface area contributed by atoms with Gasteiger partial charge in [-0.3, -0.25) is 4.79 Å². The fourth-order valence-corrected chi connectivity index (χ4v) is 1.51. The van der Waals surface area contributed by atoms with Crippen LogP contribution in [-0.2, 0) is 17.6 Å². The Labute approximate surface area is 84.6 Å². The summed E-state index contributed by atoms with van der Waals surface area (Å²) < 4.78 is 0. The zero-order valence-corrected chi connectivity index (χ0v) is 8.71. The van der Waals surface area contributed by atoms with Crippen molar-refractivity contribution in [3.63, 3.8) is 0 Å². The number of rotatable bonds is 4. The van der Waals surface area contributed by atoms with Gasteiger partial charge in [0.05, 0.1) is 0 Å². The Morgan fingerprint density at radius 2 is 2.14 bits per heavy atom. The Balaban J connectivity index is 2.88. The Kier molecular flexibility index (Phi) is 3.84. The molecule has 0 atom stereocenters. The predicted molar refractivity (Wildman–Crippen MR) is 56.4 cm³/mol. The molecule has 0 saturated heterocycles. The lowest BCUT2D eigenvalue weighted by Crippen LogP contribution is -2.00. The van der Waals surface area contributed by atoms with Crippen molar-refractivity contribution >= 4 is 5.78 Å². The van der Waals surface area contributed by atoms with Crippen molar-refractivity contribution in [3.05, 3.63) is 34.9 Å². The lowest BCUT2D eigenvalue weighted by Gasteiger charge is -2.06. The monoisotopic (exact) mass is 192 g/mol. The molecule has 0 aliphatic rings. The molecular weight excluding hydrogens is 176 g/mol. The molecular formula is C12H16O2. The van der Waals surface area contributed by atoms with Crippen LogP contribution in [0.4, 0.5) is 0 Å². The van der Waals surface area contributed by atoms with E-state index in [1.807, 2.05) is 25.1 Å². The standard InChI is InChI=1S/C12H16O2/c1-9-3-4-11(7-10(2)14)8-12(9)5-6-13/h3-4,8,13H,5-7H2,1-2H3. The molecule has 1 rings (SSSR count). The van der Waals surface area contributed by atoms with Gasteiger partial charge in [-0.25, -0.2) is 0 Å². The molecule has 0 spiro atoms. The third-order valence-corrected chi connectivity index (χ3v) is 2.25. The van der Waals surface area contributed by atoms with Crippen LogP contribution in [0.3, 0.4) is 0 Å². The fourth-order valence-electron chi connectivity index (χ4n) is 1.51. The normalized spacial score (nSPS) is 10.2. The largest absolute Gasteiger partial charge is 0.396 e. The summed E-state index contributed by atoms with van der Waals surface area (Å²) in [7, 11) is 0. The van der Waals surface area contributed by atoms with Crippen molar-refractivity contribution in [1.82, 2.24) is 0 Å². The number of aryl methyl sites for hydroxylation is 1. The number of hydrogen-bond donors (Lipinski definition) is 1. The van der Waals surface area contributed by atoms with Gasteiger partial charge in [0.2, 0.25) is 0 Å². The van der Waals surface area contributed by atoms with Crippen molar-refractivity contribution in [2.24, 2.45) is 0 Å². The quantitative estimate of drug-likeness (QED) is 0.787. The second-order valence-corrected chi connectivity index (χ2v) is 3.61. The maximum atomic E-state index is 10.9. The molecule has 0 amide bonds. The van der Waals surface area contributed by atoms with Crippen LogP contribution in [0.1, 0.15) is 23.6 Å². The van der Waals surface area contributed by atoms with Crippen LogP contribution in [-0.4, -0.2) is 17.5 Å². The van der Waals surface area contributed by atoms with Gasteiger partial charge in [-0.05, 0) is 37.0 Å². The van der Waals surface area contributed by atoms with Gasteiger partial charge >= 0.3 is 0 Å². The van der Waals surface area contributed by atoms with Crippen LogP contribution in [0.2, 0.25) is 0 Å². The van der Waals surface area contributed by atoms with Crippen LogP contribution >= 0.6 is 0 Å². The molecule has 0 unspecified atom stereocenters. The summed E-state index contributed by atoms with van der Waals surface area (Å²) in [5.74, 6) is 0.170. The number of benzene rings is 1. The Hall–Kier alpha value is -1.15. The zero-order chi connectivity index (χ0) is 10.6. The van der Waals surface area contributed by atoms with E-state index < -0.39 is 0 Å². The highest BCUT2D eigenvalue weighted by Gasteiger charge is 2.02. The number of carbonyl (C=O) groups excluding carboxylic acids is 1. The van der Waals surface area contributed by atoms with Crippen LogP contribution in [0.5, 0.6) is 0 Å². The van der Waals surface area contributed by atoms with Gasteiger partial charge in [-0.15, -0.1) is 0 Å². The molecule has 1 aromatic rings. The van der Waals surface area contributed by atoms with Gasteiger partial charge in [-0.1, -0.05) is 18.2 Å². The van der Waals surface area contributed by atoms with Gasteiger partial charge in [0.25, 0.3) is 0 Å². The molecule has 2 heteroatoms. The average Bonchev–Trinajstić information content (AvgIpc) is 2.10. The molecule has 1 aromatic carbocycles. The second kappa shape index (κ2) is 4.91. The molecule has 0 fully saturated rings. The Bertz CT molecular complexity index is 329. The van der Waals surface area contributed by atoms with E-state index in [1.54, 1.807) is 6.92 Å². The SMILES string of the molecule is CC(=O)Cc1ccc(C)c(CCO)c1. The highest BCUT2D eigenvalue weighted by molar-refractivity contribution is 5.78. The Morgan fingerprint density at radius 3 is 2.71 bits per heavy atom. The van der Waals surface area contributed by atoms with Crippen molar-refractivity contribution in [1.29, 1.82) is 0 Å². The van der Waals surface area contributed by atoms with Crippen molar-refractivity contribution in [2.75, 3.05) is 6.61 Å². The maximum absolute atomic E-state index is 10.9. The minimum absolute atomic E-state index is 0.157. The Morgan fingerprint density at radius 1 is 1.43 bits per heavy atom. The molecule has 0 aromatic heterocycles. The third-order valence-electron chi connectivity index (χ3n) is 2.25. The summed E-state index contributed by atoms with van der Waals surface area (Å²) in [4.78, 5) is 10.9. The smallest absolute Gasteiger partial charge is 0.134 e. The summed E-state index contributed by atoms with van der Waals surface area (Å²) in [5, 5.41) is 8.85. The fraction of sp³-hybridized carbons (Fsp3) is 0.417. The number of ketones is 1. The van der Waals surface area contributed by atoms with Crippen LogP contribution < -0.4 is 0 Å². The third kappa shape index (κ3) is 2.96. The molecule has 0 aliphatic carbocycles. The van der Waals surface area contributed by atoms with Crippen molar-refractivity contribution < 1.29 is 9.90 Å². The summed E-state index contributed by atoms with van der Waals surface area (Å²) >= 11 is 0. The lowest BCUT2D eigenvalue weighted by atomic mass is 10.0. The molecule has 0 radical (unpaired) electrons. The van der Waals surface area contributed by atoms with Gasteiger partial charge in [0.15, 0.2) is 0 Å². The van der Waals surface area contributed by atoms with E-state index in [9.17, 15) is 4.79 Å². The van der Waals surface area contributed by atoms with E-state index in [0.29, 0.717) is 12.8 Å². The first-order chi connectivity index (χ1) is 6.63. The van der Waals surface area contributed by atoms with Gasteiger partial charge in [0.1, 0.15) is 5.78 Å². The van der Waals surface area contributed by atoms with Crippen molar-refractivity contribution in [2.45, 2.75) is 26.7 Å². The molecule has 0 heterocycles. The van der Waals surface area contributed by atoms with Crippen LogP contribution in [0, 0.1) is 6.92 Å². The van der Waals surface area contributed by atoms with Crippen molar-refractivity contribution in [3.8, 4) is 0 Å². The molecule has 2 nitrogen and oxygen atoms in total. The van der Waals surface area contributed by atoms with Gasteiger partial charge in [0, 0.05) is 13.0 Å². The van der Waals surface area contributed by atoms with E-state index in [0.717, 1.165) is 11.1 Å². The topological polar surface area (TPSA) is 37.3 Å². The lowest BCUT2D eigenvalue weighted by molar-refractivity contribution is -0.116. The summed E-state index contributed by atoms with van der Waals surface area (Å²) in [6.07, 6.45) is 1.15. The van der Waals surface area contributed by atoms with E-state index in [-0.39, 0.29) is 12.4 Å². The highest BCUT2D eigenvalue weighted by atomic mass is 16.2. The molecule has 0 saturated carbocycles. The summed E-state index contributed by atoms with van der Waals surface area (Å²) in [5.41, 5.74) is 3.34. The molecule has 14 heavy (non-hydrogen) atoms. The minimum Gasteiger partial charge on any atom is -0.396 e. The maximum Gasteiger partial charge on any atom is 0.134 e. The zero-order valence-electron chi connectivity index (χ0n) is 8.71. The molecule has 1 N–H and O–H groups in total. The summed E-state index contributed by atoms with van der Waals surface area (Å²) in [6.45, 7) is 3.76.